The lowest BCUT2D eigenvalue weighted by Gasteiger charge is -2.15. The first-order valence-electron chi connectivity index (χ1n) is 7.00. The molecule has 2 N–H and O–H groups in total. The summed E-state index contributed by atoms with van der Waals surface area (Å²) in [5.74, 6) is 0.273. The van der Waals surface area contributed by atoms with Crippen LogP contribution in [0.5, 0.6) is 0 Å². The Balaban J connectivity index is 1.83. The summed E-state index contributed by atoms with van der Waals surface area (Å²) in [4.78, 5) is 11.8. The molecular formula is C17H18ClNO3. The number of hydrogen-bond donors (Lipinski definition) is 2. The lowest BCUT2D eigenvalue weighted by Crippen LogP contribution is -2.32. The largest absolute Gasteiger partial charge is 0.467 e. The molecule has 0 saturated heterocycles. The van der Waals surface area contributed by atoms with E-state index < -0.39 is 6.10 Å². The lowest BCUT2D eigenvalue weighted by molar-refractivity contribution is -0.117. The van der Waals surface area contributed by atoms with Gasteiger partial charge in [0.15, 0.2) is 0 Å². The predicted octanol–water partition coefficient (Wildman–Crippen LogP) is 3.57. The smallest absolute Gasteiger partial charge is 0.244 e. The van der Waals surface area contributed by atoms with Gasteiger partial charge in [0.2, 0.25) is 5.91 Å². The van der Waals surface area contributed by atoms with E-state index in [0.29, 0.717) is 17.2 Å². The van der Waals surface area contributed by atoms with Gasteiger partial charge in [-0.2, -0.15) is 0 Å². The van der Waals surface area contributed by atoms with Gasteiger partial charge in [-0.25, -0.2) is 0 Å². The Morgan fingerprint density at radius 1 is 1.41 bits per heavy atom. The minimum atomic E-state index is -0.734. The quantitative estimate of drug-likeness (QED) is 0.800. The molecule has 0 radical (unpaired) electrons. The topological polar surface area (TPSA) is 62.5 Å². The normalized spacial score (nSPS) is 14.0. The predicted molar refractivity (Wildman–Crippen MR) is 86.4 cm³/mol. The molecule has 1 aromatic heterocycles. The van der Waals surface area contributed by atoms with Gasteiger partial charge in [0.05, 0.1) is 6.26 Å². The minimum Gasteiger partial charge on any atom is -0.467 e. The number of aliphatic hydroxyl groups excluding tert-OH is 1. The van der Waals surface area contributed by atoms with Crippen molar-refractivity contribution in [3.63, 3.8) is 0 Å². The molecule has 1 heterocycles. The Morgan fingerprint density at radius 2 is 2.23 bits per heavy atom. The van der Waals surface area contributed by atoms with Crippen LogP contribution in [0.4, 0.5) is 0 Å². The molecule has 0 aliphatic rings. The van der Waals surface area contributed by atoms with Crippen LogP contribution in [0.1, 0.15) is 30.8 Å². The first-order chi connectivity index (χ1) is 10.5. The van der Waals surface area contributed by atoms with Gasteiger partial charge in [-0.3, -0.25) is 4.79 Å². The fourth-order valence-electron chi connectivity index (χ4n) is 2.06. The zero-order chi connectivity index (χ0) is 15.9. The van der Waals surface area contributed by atoms with Crippen LogP contribution in [0.25, 0.3) is 6.08 Å². The summed E-state index contributed by atoms with van der Waals surface area (Å²) >= 11 is 5.88. The van der Waals surface area contributed by atoms with E-state index in [9.17, 15) is 9.90 Å². The van der Waals surface area contributed by atoms with Crippen molar-refractivity contribution in [3.05, 3.63) is 65.1 Å². The highest BCUT2D eigenvalue weighted by Crippen LogP contribution is 2.18. The highest BCUT2D eigenvalue weighted by molar-refractivity contribution is 6.30. The molecule has 0 bridgehead atoms. The van der Waals surface area contributed by atoms with Gasteiger partial charge in [-0.1, -0.05) is 23.7 Å². The molecule has 0 aliphatic carbocycles. The second-order valence-corrected chi connectivity index (χ2v) is 5.50. The van der Waals surface area contributed by atoms with Crippen molar-refractivity contribution in [1.29, 1.82) is 0 Å². The summed E-state index contributed by atoms with van der Waals surface area (Å²) < 4.78 is 5.13. The Bertz CT molecular complexity index is 637. The number of carbonyl (C=O) groups excluding carboxylic acids is 1. The monoisotopic (exact) mass is 319 g/mol. The van der Waals surface area contributed by atoms with E-state index in [4.69, 9.17) is 16.0 Å². The van der Waals surface area contributed by atoms with Crippen molar-refractivity contribution in [2.24, 2.45) is 0 Å². The number of hydrogen-bond acceptors (Lipinski definition) is 3. The summed E-state index contributed by atoms with van der Waals surface area (Å²) in [5, 5.41) is 13.4. The third-order valence-corrected chi connectivity index (χ3v) is 3.35. The third kappa shape index (κ3) is 5.06. The summed E-state index contributed by atoms with van der Waals surface area (Å²) in [5.41, 5.74) is 0.853. The van der Waals surface area contributed by atoms with E-state index >= 15 is 0 Å². The number of benzene rings is 1. The van der Waals surface area contributed by atoms with E-state index in [0.717, 1.165) is 5.56 Å². The van der Waals surface area contributed by atoms with Gasteiger partial charge < -0.3 is 14.8 Å². The molecule has 2 rings (SSSR count). The summed E-state index contributed by atoms with van der Waals surface area (Å²) in [7, 11) is 0. The van der Waals surface area contributed by atoms with Gasteiger partial charge >= 0.3 is 0 Å². The Kier molecular flexibility index (Phi) is 5.81. The molecule has 22 heavy (non-hydrogen) atoms. The molecule has 0 aliphatic heterocycles. The molecule has 5 heteroatoms. The van der Waals surface area contributed by atoms with Gasteiger partial charge in [-0.05, 0) is 42.8 Å². The molecular weight excluding hydrogens is 302 g/mol. The second-order valence-electron chi connectivity index (χ2n) is 5.06. The lowest BCUT2D eigenvalue weighted by atomic mass is 10.1. The molecule has 2 aromatic rings. The fraction of sp³-hybridized carbons (Fsp3) is 0.235. The Morgan fingerprint density at radius 3 is 2.91 bits per heavy atom. The maximum atomic E-state index is 11.8. The zero-order valence-electron chi connectivity index (χ0n) is 12.2. The fourth-order valence-corrected chi connectivity index (χ4v) is 2.26. The molecule has 1 aromatic carbocycles. The number of amides is 1. The van der Waals surface area contributed by atoms with Crippen molar-refractivity contribution >= 4 is 23.6 Å². The van der Waals surface area contributed by atoms with Gasteiger partial charge in [0, 0.05) is 23.6 Å². The van der Waals surface area contributed by atoms with Crippen LogP contribution < -0.4 is 5.32 Å². The maximum absolute atomic E-state index is 11.8. The standard InChI is InChI=1S/C17H18ClNO3/c1-12(10-15(20)16-6-3-9-22-16)19-17(21)8-7-13-4-2-5-14(18)11-13/h2-9,11-12,15,20H,10H2,1H3,(H,19,21). The third-order valence-electron chi connectivity index (χ3n) is 3.11. The van der Waals surface area contributed by atoms with Gasteiger partial charge in [0.25, 0.3) is 0 Å². The Hall–Kier alpha value is -2.04. The van der Waals surface area contributed by atoms with E-state index in [1.165, 1.54) is 12.3 Å². The number of rotatable bonds is 6. The molecule has 4 nitrogen and oxygen atoms in total. The molecule has 2 atom stereocenters. The van der Waals surface area contributed by atoms with Crippen molar-refractivity contribution < 1.29 is 14.3 Å². The van der Waals surface area contributed by atoms with Gasteiger partial charge in [0.1, 0.15) is 11.9 Å². The summed E-state index contributed by atoms with van der Waals surface area (Å²) in [6.45, 7) is 1.83. The van der Waals surface area contributed by atoms with Crippen molar-refractivity contribution in [3.8, 4) is 0 Å². The average Bonchev–Trinajstić information content (AvgIpc) is 2.99. The molecule has 2 unspecified atom stereocenters. The number of carbonyl (C=O) groups is 1. The molecule has 1 amide bonds. The van der Waals surface area contributed by atoms with Crippen LogP contribution >= 0.6 is 11.6 Å². The second kappa shape index (κ2) is 7.82. The number of furan rings is 1. The van der Waals surface area contributed by atoms with E-state index in [1.54, 1.807) is 30.3 Å². The average molecular weight is 320 g/mol. The Labute approximate surface area is 134 Å². The zero-order valence-corrected chi connectivity index (χ0v) is 13.0. The van der Waals surface area contributed by atoms with Crippen molar-refractivity contribution in [2.75, 3.05) is 0 Å². The van der Waals surface area contributed by atoms with Gasteiger partial charge in [-0.15, -0.1) is 0 Å². The van der Waals surface area contributed by atoms with Crippen LogP contribution in [-0.2, 0) is 4.79 Å². The van der Waals surface area contributed by atoms with E-state index in [2.05, 4.69) is 5.32 Å². The van der Waals surface area contributed by atoms with Crippen LogP contribution in [0, 0.1) is 0 Å². The van der Waals surface area contributed by atoms with E-state index in [1.807, 2.05) is 19.1 Å². The molecule has 0 saturated carbocycles. The molecule has 0 spiro atoms. The van der Waals surface area contributed by atoms with Crippen molar-refractivity contribution in [2.45, 2.75) is 25.5 Å². The molecule has 0 fully saturated rings. The maximum Gasteiger partial charge on any atom is 0.244 e. The number of halogens is 1. The van der Waals surface area contributed by atoms with Crippen LogP contribution in [0.2, 0.25) is 5.02 Å². The molecule has 116 valence electrons. The first-order valence-corrected chi connectivity index (χ1v) is 7.38. The first kappa shape index (κ1) is 16.3. The number of aliphatic hydroxyl groups is 1. The van der Waals surface area contributed by atoms with Crippen LogP contribution in [-0.4, -0.2) is 17.1 Å². The van der Waals surface area contributed by atoms with Crippen LogP contribution in [0.3, 0.4) is 0 Å². The highest BCUT2D eigenvalue weighted by atomic mass is 35.5. The summed E-state index contributed by atoms with van der Waals surface area (Å²) in [6, 6.07) is 10.5. The van der Waals surface area contributed by atoms with E-state index in [-0.39, 0.29) is 11.9 Å². The van der Waals surface area contributed by atoms with Crippen LogP contribution in [0.15, 0.2) is 53.2 Å². The minimum absolute atomic E-state index is 0.184. The highest BCUT2D eigenvalue weighted by Gasteiger charge is 2.15. The van der Waals surface area contributed by atoms with Crippen molar-refractivity contribution in [1.82, 2.24) is 5.32 Å². The summed E-state index contributed by atoms with van der Waals surface area (Å²) in [6.07, 6.45) is 4.29. The SMILES string of the molecule is CC(CC(O)c1ccco1)NC(=O)C=Cc1cccc(Cl)c1. The number of nitrogens with one attached hydrogen (secondary N) is 1.